The third-order valence-electron chi connectivity index (χ3n) is 4.34. The number of aromatic nitrogens is 2. The van der Waals surface area contributed by atoms with Crippen LogP contribution in [-0.2, 0) is 29.0 Å². The molecule has 3 rings (SSSR count). The third kappa shape index (κ3) is 4.68. The van der Waals surface area contributed by atoms with Gasteiger partial charge in [-0.15, -0.1) is 0 Å². The van der Waals surface area contributed by atoms with E-state index in [-0.39, 0.29) is 11.8 Å². The highest BCUT2D eigenvalue weighted by molar-refractivity contribution is 5.95. The van der Waals surface area contributed by atoms with Gasteiger partial charge in [-0.25, -0.2) is 0 Å². The summed E-state index contributed by atoms with van der Waals surface area (Å²) in [5.41, 5.74) is 1.87. The molecule has 1 aromatic heterocycles. The zero-order valence-corrected chi connectivity index (χ0v) is 15.0. The molecular formula is C19H24N4O3. The molecule has 0 bridgehead atoms. The van der Waals surface area contributed by atoms with E-state index in [1.807, 2.05) is 24.3 Å². The molecule has 1 aliphatic heterocycles. The molecule has 1 aromatic carbocycles. The number of anilines is 1. The smallest absolute Gasteiger partial charge is 0.227 e. The first-order valence-corrected chi connectivity index (χ1v) is 9.13. The first kappa shape index (κ1) is 18.1. The molecule has 0 radical (unpaired) electrons. The molecular weight excluding hydrogens is 332 g/mol. The van der Waals surface area contributed by atoms with Gasteiger partial charge in [-0.05, 0) is 30.5 Å². The summed E-state index contributed by atoms with van der Waals surface area (Å²) in [6.07, 6.45) is 3.99. The molecule has 2 heterocycles. The maximum absolute atomic E-state index is 12.0. The highest BCUT2D eigenvalue weighted by Crippen LogP contribution is 2.22. The van der Waals surface area contributed by atoms with Gasteiger partial charge >= 0.3 is 0 Å². The number of rotatable bonds is 8. The van der Waals surface area contributed by atoms with Gasteiger partial charge in [0.2, 0.25) is 17.7 Å². The number of benzene rings is 1. The number of amides is 2. The summed E-state index contributed by atoms with van der Waals surface area (Å²) >= 11 is 0. The predicted octanol–water partition coefficient (Wildman–Crippen LogP) is 2.40. The number of hydrogen-bond donors (Lipinski definition) is 1. The number of nitrogens with one attached hydrogen (secondary N) is 1. The van der Waals surface area contributed by atoms with Crippen molar-refractivity contribution in [3.63, 3.8) is 0 Å². The Balaban J connectivity index is 1.47. The highest BCUT2D eigenvalue weighted by atomic mass is 16.5. The lowest BCUT2D eigenvalue weighted by Crippen LogP contribution is -2.25. The van der Waals surface area contributed by atoms with E-state index in [9.17, 15) is 9.59 Å². The maximum Gasteiger partial charge on any atom is 0.227 e. The fourth-order valence-electron chi connectivity index (χ4n) is 2.98. The van der Waals surface area contributed by atoms with E-state index < -0.39 is 0 Å². The molecule has 0 aliphatic carbocycles. The van der Waals surface area contributed by atoms with E-state index in [1.54, 1.807) is 4.90 Å². The van der Waals surface area contributed by atoms with Gasteiger partial charge in [-0.1, -0.05) is 24.2 Å². The lowest BCUT2D eigenvalue weighted by molar-refractivity contribution is -0.121. The third-order valence-corrected chi connectivity index (χ3v) is 4.34. The summed E-state index contributed by atoms with van der Waals surface area (Å²) in [7, 11) is 0. The normalized spacial score (nSPS) is 14.0. The number of nitrogens with zero attached hydrogens (tertiary/aromatic N) is 3. The topological polar surface area (TPSA) is 88.3 Å². The van der Waals surface area contributed by atoms with Crippen molar-refractivity contribution in [3.05, 3.63) is 41.5 Å². The van der Waals surface area contributed by atoms with Gasteiger partial charge < -0.3 is 14.7 Å². The SMILES string of the molecule is CCCc1noc(CCC(=O)NCc2cccc(N3CCCC3=O)c2)n1. The van der Waals surface area contributed by atoms with Gasteiger partial charge in [-0.3, -0.25) is 9.59 Å². The van der Waals surface area contributed by atoms with Crippen LogP contribution in [0.5, 0.6) is 0 Å². The second-order valence-electron chi connectivity index (χ2n) is 6.45. The predicted molar refractivity (Wildman–Crippen MR) is 96.5 cm³/mol. The lowest BCUT2D eigenvalue weighted by Gasteiger charge is -2.16. The Hall–Kier alpha value is -2.70. The fraction of sp³-hybridized carbons (Fsp3) is 0.474. The highest BCUT2D eigenvalue weighted by Gasteiger charge is 2.21. The van der Waals surface area contributed by atoms with E-state index in [0.29, 0.717) is 37.5 Å². The zero-order valence-electron chi connectivity index (χ0n) is 15.0. The van der Waals surface area contributed by atoms with Gasteiger partial charge in [0, 0.05) is 44.5 Å². The first-order chi connectivity index (χ1) is 12.7. The Bertz CT molecular complexity index is 772. The van der Waals surface area contributed by atoms with E-state index in [0.717, 1.165) is 37.1 Å². The molecule has 1 fully saturated rings. The number of carbonyl (C=O) groups is 2. The Morgan fingerprint density at radius 1 is 1.35 bits per heavy atom. The minimum atomic E-state index is -0.0668. The Kier molecular flexibility index (Phi) is 5.99. The van der Waals surface area contributed by atoms with Crippen LogP contribution in [0.25, 0.3) is 0 Å². The minimum Gasteiger partial charge on any atom is -0.352 e. The van der Waals surface area contributed by atoms with Crippen LogP contribution < -0.4 is 10.2 Å². The van der Waals surface area contributed by atoms with Gasteiger partial charge in [0.05, 0.1) is 0 Å². The number of carbonyl (C=O) groups excluding carboxylic acids is 2. The van der Waals surface area contributed by atoms with Crippen molar-refractivity contribution < 1.29 is 14.1 Å². The second kappa shape index (κ2) is 8.60. The van der Waals surface area contributed by atoms with E-state index in [2.05, 4.69) is 22.4 Å². The van der Waals surface area contributed by atoms with Gasteiger partial charge in [0.15, 0.2) is 5.82 Å². The Labute approximate surface area is 152 Å². The van der Waals surface area contributed by atoms with Crippen LogP contribution in [0.4, 0.5) is 5.69 Å². The second-order valence-corrected chi connectivity index (χ2v) is 6.45. The molecule has 1 aliphatic rings. The Morgan fingerprint density at radius 3 is 3.00 bits per heavy atom. The minimum absolute atomic E-state index is 0.0668. The van der Waals surface area contributed by atoms with Crippen molar-refractivity contribution in [2.24, 2.45) is 0 Å². The van der Waals surface area contributed by atoms with Crippen molar-refractivity contribution in [1.29, 1.82) is 0 Å². The summed E-state index contributed by atoms with van der Waals surface area (Å²) in [4.78, 5) is 30.0. The van der Waals surface area contributed by atoms with Gasteiger partial charge in [-0.2, -0.15) is 4.98 Å². The molecule has 7 nitrogen and oxygen atoms in total. The molecule has 2 aromatic rings. The summed E-state index contributed by atoms with van der Waals surface area (Å²) < 4.78 is 5.13. The van der Waals surface area contributed by atoms with Gasteiger partial charge in [0.25, 0.3) is 0 Å². The van der Waals surface area contributed by atoms with E-state index >= 15 is 0 Å². The number of aryl methyl sites for hydroxylation is 2. The molecule has 138 valence electrons. The van der Waals surface area contributed by atoms with Crippen LogP contribution >= 0.6 is 0 Å². The van der Waals surface area contributed by atoms with Crippen LogP contribution in [0, 0.1) is 0 Å². The molecule has 0 atom stereocenters. The van der Waals surface area contributed by atoms with Crippen molar-refractivity contribution in [3.8, 4) is 0 Å². The van der Waals surface area contributed by atoms with Crippen molar-refractivity contribution in [2.75, 3.05) is 11.4 Å². The quantitative estimate of drug-likeness (QED) is 0.785. The molecule has 7 heteroatoms. The monoisotopic (exact) mass is 356 g/mol. The van der Waals surface area contributed by atoms with Crippen LogP contribution in [0.15, 0.2) is 28.8 Å². The molecule has 26 heavy (non-hydrogen) atoms. The summed E-state index contributed by atoms with van der Waals surface area (Å²) in [6, 6.07) is 7.74. The molecule has 0 unspecified atom stereocenters. The Morgan fingerprint density at radius 2 is 2.23 bits per heavy atom. The molecule has 1 saturated heterocycles. The average molecular weight is 356 g/mol. The van der Waals surface area contributed by atoms with Crippen LogP contribution in [0.3, 0.4) is 0 Å². The van der Waals surface area contributed by atoms with Crippen molar-refractivity contribution >= 4 is 17.5 Å². The molecule has 0 saturated carbocycles. The van der Waals surface area contributed by atoms with Crippen LogP contribution in [0.1, 0.15) is 49.9 Å². The van der Waals surface area contributed by atoms with Crippen molar-refractivity contribution in [1.82, 2.24) is 15.5 Å². The van der Waals surface area contributed by atoms with Gasteiger partial charge in [0.1, 0.15) is 0 Å². The lowest BCUT2D eigenvalue weighted by atomic mass is 10.2. The molecule has 2 amide bonds. The van der Waals surface area contributed by atoms with Crippen LogP contribution in [0.2, 0.25) is 0 Å². The zero-order chi connectivity index (χ0) is 18.4. The standard InChI is InChI=1S/C19H24N4O3/c1-2-5-16-21-18(26-22-16)10-9-17(24)20-13-14-6-3-7-15(12-14)23-11-4-8-19(23)25/h3,6-7,12H,2,4-5,8-11,13H2,1H3,(H,20,24). The molecule has 0 spiro atoms. The van der Waals surface area contributed by atoms with Crippen LogP contribution in [-0.4, -0.2) is 28.5 Å². The largest absolute Gasteiger partial charge is 0.352 e. The maximum atomic E-state index is 12.0. The van der Waals surface area contributed by atoms with E-state index in [4.69, 9.17) is 4.52 Å². The summed E-state index contributed by atoms with van der Waals surface area (Å²) in [5.74, 6) is 1.28. The molecule has 1 N–H and O–H groups in total. The summed E-state index contributed by atoms with van der Waals surface area (Å²) in [6.45, 7) is 3.25. The summed E-state index contributed by atoms with van der Waals surface area (Å²) in [5, 5.41) is 6.78. The van der Waals surface area contributed by atoms with Crippen molar-refractivity contribution in [2.45, 2.75) is 52.0 Å². The average Bonchev–Trinajstić information content (AvgIpc) is 3.27. The van der Waals surface area contributed by atoms with E-state index in [1.165, 1.54) is 0 Å². The first-order valence-electron chi connectivity index (χ1n) is 9.13. The fourth-order valence-corrected chi connectivity index (χ4v) is 2.98. The number of hydrogen-bond acceptors (Lipinski definition) is 5.